The van der Waals surface area contributed by atoms with Gasteiger partial charge in [0.15, 0.2) is 0 Å². The first-order valence-electron chi connectivity index (χ1n) is 8.95. The topological polar surface area (TPSA) is 15.7 Å². The molecule has 24 heavy (non-hydrogen) atoms. The maximum atomic E-state index is 5.25. The molecular weight excluding hydrogens is 296 g/mol. The van der Waals surface area contributed by atoms with Crippen LogP contribution >= 0.6 is 0 Å². The lowest BCUT2D eigenvalue weighted by atomic mass is 9.98. The lowest BCUT2D eigenvalue weighted by Crippen LogP contribution is -2.32. The minimum atomic E-state index is 0.897. The molecule has 0 radical (unpaired) electrons. The fourth-order valence-electron chi connectivity index (χ4n) is 3.59. The Morgan fingerprint density at radius 3 is 2.50 bits per heavy atom. The first kappa shape index (κ1) is 15.5. The van der Waals surface area contributed by atoms with Crippen molar-refractivity contribution in [1.29, 1.82) is 0 Å². The molecule has 0 bridgehead atoms. The zero-order valence-corrected chi connectivity index (χ0v) is 14.7. The number of hydrogen-bond donors (Lipinski definition) is 0. The summed E-state index contributed by atoms with van der Waals surface area (Å²) < 4.78 is 5.25. The maximum Gasteiger partial charge on any atom is 0.119 e. The van der Waals surface area contributed by atoms with Crippen molar-refractivity contribution in [3.8, 4) is 5.75 Å². The standard InChI is InChI=1S/C21H26N2O/c1-22(19-7-9-21(24-2)10-8-19)20-6-5-17-11-12-23(14-16-3-4-16)15-18(17)13-20/h5-10,13,16H,3-4,11-12,14-15H2,1-2H3. The van der Waals surface area contributed by atoms with Crippen molar-refractivity contribution in [3.05, 3.63) is 53.6 Å². The predicted molar refractivity (Wildman–Crippen MR) is 99.2 cm³/mol. The Kier molecular flexibility index (Phi) is 4.19. The molecule has 0 amide bonds. The second-order valence-corrected chi connectivity index (χ2v) is 7.14. The van der Waals surface area contributed by atoms with Gasteiger partial charge in [0.05, 0.1) is 7.11 Å². The molecule has 1 fully saturated rings. The van der Waals surface area contributed by atoms with Gasteiger partial charge in [-0.2, -0.15) is 0 Å². The molecule has 0 saturated heterocycles. The molecule has 0 spiro atoms. The zero-order chi connectivity index (χ0) is 16.5. The highest BCUT2D eigenvalue weighted by Crippen LogP contribution is 2.33. The van der Waals surface area contributed by atoms with Crippen LogP contribution in [0.3, 0.4) is 0 Å². The van der Waals surface area contributed by atoms with Crippen LogP contribution in [-0.2, 0) is 13.0 Å². The number of nitrogens with zero attached hydrogens (tertiary/aromatic N) is 2. The van der Waals surface area contributed by atoms with E-state index in [0.717, 1.165) is 18.2 Å². The first-order valence-corrected chi connectivity index (χ1v) is 8.95. The Bertz CT molecular complexity index is 706. The highest BCUT2D eigenvalue weighted by atomic mass is 16.5. The zero-order valence-electron chi connectivity index (χ0n) is 14.7. The molecule has 0 unspecified atom stereocenters. The SMILES string of the molecule is COc1ccc(N(C)c2ccc3c(c2)CN(CC2CC2)CC3)cc1. The van der Waals surface area contributed by atoms with Gasteiger partial charge in [-0.15, -0.1) is 0 Å². The smallest absolute Gasteiger partial charge is 0.119 e. The van der Waals surface area contributed by atoms with E-state index in [2.05, 4.69) is 47.2 Å². The molecule has 2 aliphatic rings. The third-order valence-corrected chi connectivity index (χ3v) is 5.34. The molecule has 3 nitrogen and oxygen atoms in total. The van der Waals surface area contributed by atoms with E-state index < -0.39 is 0 Å². The van der Waals surface area contributed by atoms with Crippen molar-refractivity contribution in [2.45, 2.75) is 25.8 Å². The predicted octanol–water partition coefficient (Wildman–Crippen LogP) is 4.23. The summed E-state index contributed by atoms with van der Waals surface area (Å²) >= 11 is 0. The normalized spacial score (nSPS) is 17.4. The minimum Gasteiger partial charge on any atom is -0.497 e. The quantitative estimate of drug-likeness (QED) is 0.819. The molecule has 4 rings (SSSR count). The number of hydrogen-bond acceptors (Lipinski definition) is 3. The Morgan fingerprint density at radius 1 is 1.04 bits per heavy atom. The van der Waals surface area contributed by atoms with E-state index in [1.165, 1.54) is 54.9 Å². The van der Waals surface area contributed by atoms with Crippen molar-refractivity contribution in [1.82, 2.24) is 4.90 Å². The molecule has 1 aliphatic carbocycles. The van der Waals surface area contributed by atoms with Gasteiger partial charge in [-0.1, -0.05) is 6.07 Å². The summed E-state index contributed by atoms with van der Waals surface area (Å²) in [6.07, 6.45) is 4.06. The van der Waals surface area contributed by atoms with E-state index in [-0.39, 0.29) is 0 Å². The molecule has 1 heterocycles. The number of methoxy groups -OCH3 is 1. The van der Waals surface area contributed by atoms with Crippen molar-refractivity contribution in [2.24, 2.45) is 5.92 Å². The Hall–Kier alpha value is -2.00. The number of benzene rings is 2. The second-order valence-electron chi connectivity index (χ2n) is 7.14. The largest absolute Gasteiger partial charge is 0.497 e. The van der Waals surface area contributed by atoms with Crippen LogP contribution in [-0.4, -0.2) is 32.1 Å². The third kappa shape index (κ3) is 3.27. The number of rotatable bonds is 5. The average Bonchev–Trinajstić information content (AvgIpc) is 3.44. The summed E-state index contributed by atoms with van der Waals surface area (Å²) in [6, 6.07) is 15.2. The van der Waals surface area contributed by atoms with Gasteiger partial charge in [0.1, 0.15) is 5.75 Å². The lowest BCUT2D eigenvalue weighted by Gasteiger charge is -2.30. The number of ether oxygens (including phenoxy) is 1. The second kappa shape index (κ2) is 6.48. The van der Waals surface area contributed by atoms with Gasteiger partial charge in [0.25, 0.3) is 0 Å². The molecule has 2 aromatic rings. The highest BCUT2D eigenvalue weighted by molar-refractivity contribution is 5.64. The Labute approximate surface area is 144 Å². The lowest BCUT2D eigenvalue weighted by molar-refractivity contribution is 0.244. The van der Waals surface area contributed by atoms with Gasteiger partial charge < -0.3 is 9.64 Å². The van der Waals surface area contributed by atoms with Crippen LogP contribution in [0.4, 0.5) is 11.4 Å². The van der Waals surface area contributed by atoms with Gasteiger partial charge in [-0.3, -0.25) is 4.90 Å². The van der Waals surface area contributed by atoms with E-state index in [0.29, 0.717) is 0 Å². The molecule has 0 N–H and O–H groups in total. The fourth-order valence-corrected chi connectivity index (χ4v) is 3.59. The van der Waals surface area contributed by atoms with Crippen LogP contribution in [0.5, 0.6) is 5.75 Å². The minimum absolute atomic E-state index is 0.897. The van der Waals surface area contributed by atoms with Crippen LogP contribution in [0.25, 0.3) is 0 Å². The van der Waals surface area contributed by atoms with E-state index in [1.807, 2.05) is 12.1 Å². The average molecular weight is 322 g/mol. The number of anilines is 2. The summed E-state index contributed by atoms with van der Waals surface area (Å²) in [5.74, 6) is 1.87. The summed E-state index contributed by atoms with van der Waals surface area (Å²) in [5, 5.41) is 0. The highest BCUT2D eigenvalue weighted by Gasteiger charge is 2.26. The molecule has 3 heteroatoms. The monoisotopic (exact) mass is 322 g/mol. The van der Waals surface area contributed by atoms with Crippen LogP contribution in [0.15, 0.2) is 42.5 Å². The van der Waals surface area contributed by atoms with E-state index in [1.54, 1.807) is 7.11 Å². The molecule has 0 aromatic heterocycles. The number of fused-ring (bicyclic) bond motifs is 1. The van der Waals surface area contributed by atoms with Crippen molar-refractivity contribution in [2.75, 3.05) is 32.1 Å². The van der Waals surface area contributed by atoms with E-state index in [9.17, 15) is 0 Å². The fraction of sp³-hybridized carbons (Fsp3) is 0.429. The molecule has 126 valence electrons. The summed E-state index contributed by atoms with van der Waals surface area (Å²) in [7, 11) is 3.84. The summed E-state index contributed by atoms with van der Waals surface area (Å²) in [4.78, 5) is 4.89. The summed E-state index contributed by atoms with van der Waals surface area (Å²) in [5.41, 5.74) is 5.46. The third-order valence-electron chi connectivity index (χ3n) is 5.34. The molecular formula is C21H26N2O. The Balaban J connectivity index is 1.52. The van der Waals surface area contributed by atoms with Crippen LogP contribution in [0, 0.1) is 5.92 Å². The van der Waals surface area contributed by atoms with E-state index in [4.69, 9.17) is 4.74 Å². The van der Waals surface area contributed by atoms with Crippen molar-refractivity contribution in [3.63, 3.8) is 0 Å². The van der Waals surface area contributed by atoms with Crippen molar-refractivity contribution < 1.29 is 4.74 Å². The van der Waals surface area contributed by atoms with Crippen LogP contribution < -0.4 is 9.64 Å². The Morgan fingerprint density at radius 2 is 1.79 bits per heavy atom. The van der Waals surface area contributed by atoms with Gasteiger partial charge >= 0.3 is 0 Å². The molecule has 1 saturated carbocycles. The molecule has 0 atom stereocenters. The van der Waals surface area contributed by atoms with Crippen LogP contribution in [0.2, 0.25) is 0 Å². The van der Waals surface area contributed by atoms with Gasteiger partial charge in [-0.25, -0.2) is 0 Å². The van der Waals surface area contributed by atoms with Gasteiger partial charge in [0, 0.05) is 38.1 Å². The van der Waals surface area contributed by atoms with Crippen LogP contribution in [0.1, 0.15) is 24.0 Å². The van der Waals surface area contributed by atoms with E-state index >= 15 is 0 Å². The molecule has 2 aromatic carbocycles. The van der Waals surface area contributed by atoms with Gasteiger partial charge in [0.2, 0.25) is 0 Å². The molecule has 1 aliphatic heterocycles. The maximum absolute atomic E-state index is 5.25. The first-order chi connectivity index (χ1) is 11.7. The summed E-state index contributed by atoms with van der Waals surface area (Å²) in [6.45, 7) is 3.62. The van der Waals surface area contributed by atoms with Crippen molar-refractivity contribution >= 4 is 11.4 Å². The van der Waals surface area contributed by atoms with Gasteiger partial charge in [-0.05, 0) is 72.7 Å².